The molecule has 1 aliphatic heterocycles. The van der Waals surface area contributed by atoms with E-state index in [9.17, 15) is 4.79 Å². The zero-order valence-electron chi connectivity index (χ0n) is 16.5. The SMILES string of the molecule is COc1ccc(NC(=O)N2CC[C@H](n3c(-c4ccoc4)nc4cccnc43)C2)cc1. The zero-order chi connectivity index (χ0) is 20.5. The lowest BCUT2D eigenvalue weighted by Crippen LogP contribution is -2.33. The summed E-state index contributed by atoms with van der Waals surface area (Å²) in [6.07, 6.45) is 5.90. The van der Waals surface area contributed by atoms with Crippen LogP contribution in [0, 0.1) is 0 Å². The lowest BCUT2D eigenvalue weighted by molar-refractivity contribution is 0.221. The van der Waals surface area contributed by atoms with Crippen LogP contribution < -0.4 is 10.1 Å². The predicted octanol–water partition coefficient (Wildman–Crippen LogP) is 4.18. The van der Waals surface area contributed by atoms with Crippen molar-refractivity contribution in [3.8, 4) is 17.1 Å². The first-order valence-electron chi connectivity index (χ1n) is 9.78. The minimum absolute atomic E-state index is 0.0800. The van der Waals surface area contributed by atoms with E-state index in [-0.39, 0.29) is 12.1 Å². The fraction of sp³-hybridized carbons (Fsp3) is 0.227. The predicted molar refractivity (Wildman–Crippen MR) is 112 cm³/mol. The molecular formula is C22H21N5O3. The quantitative estimate of drug-likeness (QED) is 0.553. The smallest absolute Gasteiger partial charge is 0.321 e. The first-order chi connectivity index (χ1) is 14.7. The molecule has 4 heterocycles. The van der Waals surface area contributed by atoms with E-state index in [1.54, 1.807) is 25.8 Å². The van der Waals surface area contributed by atoms with Gasteiger partial charge in [0.25, 0.3) is 0 Å². The highest BCUT2D eigenvalue weighted by Gasteiger charge is 2.31. The van der Waals surface area contributed by atoms with Crippen molar-refractivity contribution < 1.29 is 13.9 Å². The van der Waals surface area contributed by atoms with Gasteiger partial charge in [-0.2, -0.15) is 0 Å². The van der Waals surface area contributed by atoms with Gasteiger partial charge in [-0.25, -0.2) is 14.8 Å². The molecular weight excluding hydrogens is 382 g/mol. The Balaban J connectivity index is 1.38. The van der Waals surface area contributed by atoms with Crippen LogP contribution in [-0.4, -0.2) is 45.7 Å². The standard InChI is InChI=1S/C22H21N5O3/c1-29-18-6-4-16(5-7-18)24-22(28)26-11-8-17(13-26)27-20(15-9-12-30-14-15)25-19-3-2-10-23-21(19)27/h2-7,9-10,12,14,17H,8,11,13H2,1H3,(H,24,28)/t17-/m0/s1. The van der Waals surface area contributed by atoms with Gasteiger partial charge in [0.1, 0.15) is 23.4 Å². The third kappa shape index (κ3) is 3.26. The number of hydrogen-bond donors (Lipinski definition) is 1. The Labute approximate surface area is 173 Å². The van der Waals surface area contributed by atoms with Gasteiger partial charge < -0.3 is 23.9 Å². The number of ether oxygens (including phenoxy) is 1. The van der Waals surface area contributed by atoms with E-state index in [4.69, 9.17) is 14.1 Å². The molecule has 2 amide bonds. The number of methoxy groups -OCH3 is 1. The molecule has 1 N–H and O–H groups in total. The Kier molecular flexibility index (Phi) is 4.59. The van der Waals surface area contributed by atoms with Gasteiger partial charge in [0.05, 0.1) is 25.0 Å². The van der Waals surface area contributed by atoms with Crippen molar-refractivity contribution in [3.63, 3.8) is 0 Å². The number of likely N-dealkylation sites (tertiary alicyclic amines) is 1. The van der Waals surface area contributed by atoms with Crippen LogP contribution in [0.1, 0.15) is 12.5 Å². The van der Waals surface area contributed by atoms with E-state index >= 15 is 0 Å². The van der Waals surface area contributed by atoms with Crippen molar-refractivity contribution >= 4 is 22.9 Å². The average Bonchev–Trinajstić information content (AvgIpc) is 3.52. The molecule has 4 aromatic rings. The average molecular weight is 403 g/mol. The molecule has 1 aromatic carbocycles. The normalized spacial score (nSPS) is 16.2. The van der Waals surface area contributed by atoms with E-state index in [0.29, 0.717) is 13.1 Å². The first-order valence-corrected chi connectivity index (χ1v) is 9.78. The van der Waals surface area contributed by atoms with Gasteiger partial charge in [-0.05, 0) is 48.9 Å². The number of furan rings is 1. The highest BCUT2D eigenvalue weighted by atomic mass is 16.5. The van der Waals surface area contributed by atoms with E-state index in [1.807, 2.05) is 47.4 Å². The van der Waals surface area contributed by atoms with E-state index in [0.717, 1.165) is 40.4 Å². The summed E-state index contributed by atoms with van der Waals surface area (Å²) in [5.74, 6) is 1.56. The fourth-order valence-electron chi connectivity index (χ4n) is 3.88. The van der Waals surface area contributed by atoms with Crippen LogP contribution in [0.3, 0.4) is 0 Å². The number of carbonyl (C=O) groups is 1. The highest BCUT2D eigenvalue weighted by molar-refractivity contribution is 5.89. The summed E-state index contributed by atoms with van der Waals surface area (Å²) in [5, 5.41) is 2.96. The van der Waals surface area contributed by atoms with Crippen LogP contribution in [0.5, 0.6) is 5.75 Å². The van der Waals surface area contributed by atoms with Crippen molar-refractivity contribution in [2.24, 2.45) is 0 Å². The van der Waals surface area contributed by atoms with Gasteiger partial charge in [0, 0.05) is 25.0 Å². The molecule has 152 valence electrons. The summed E-state index contributed by atoms with van der Waals surface area (Å²) in [5.41, 5.74) is 3.28. The second-order valence-corrected chi connectivity index (χ2v) is 7.21. The third-order valence-electron chi connectivity index (χ3n) is 5.39. The molecule has 0 radical (unpaired) electrons. The van der Waals surface area contributed by atoms with Gasteiger partial charge in [-0.3, -0.25) is 0 Å². The summed E-state index contributed by atoms with van der Waals surface area (Å²) < 4.78 is 12.6. The summed E-state index contributed by atoms with van der Waals surface area (Å²) in [6, 6.07) is 13.0. The topological polar surface area (TPSA) is 85.4 Å². The number of rotatable bonds is 4. The van der Waals surface area contributed by atoms with Crippen LogP contribution in [0.25, 0.3) is 22.6 Å². The molecule has 1 atom stereocenters. The van der Waals surface area contributed by atoms with Crippen LogP contribution in [0.4, 0.5) is 10.5 Å². The number of imidazole rings is 1. The number of pyridine rings is 1. The number of nitrogens with one attached hydrogen (secondary N) is 1. The zero-order valence-corrected chi connectivity index (χ0v) is 16.5. The second-order valence-electron chi connectivity index (χ2n) is 7.21. The van der Waals surface area contributed by atoms with Gasteiger partial charge >= 0.3 is 6.03 Å². The number of hydrogen-bond acceptors (Lipinski definition) is 5. The van der Waals surface area contributed by atoms with Crippen LogP contribution in [0.15, 0.2) is 65.6 Å². The first kappa shape index (κ1) is 18.2. The lowest BCUT2D eigenvalue weighted by Gasteiger charge is -2.19. The van der Waals surface area contributed by atoms with Crippen molar-refractivity contribution in [2.75, 3.05) is 25.5 Å². The Morgan fingerprint density at radius 2 is 2.10 bits per heavy atom. The van der Waals surface area contributed by atoms with E-state index in [1.165, 1.54) is 0 Å². The summed E-state index contributed by atoms with van der Waals surface area (Å²) in [4.78, 5) is 23.9. The van der Waals surface area contributed by atoms with Crippen LogP contribution in [0.2, 0.25) is 0 Å². The maximum Gasteiger partial charge on any atom is 0.321 e. The molecule has 1 aliphatic rings. The van der Waals surface area contributed by atoms with Crippen molar-refractivity contribution in [2.45, 2.75) is 12.5 Å². The van der Waals surface area contributed by atoms with E-state index < -0.39 is 0 Å². The van der Waals surface area contributed by atoms with Crippen molar-refractivity contribution in [1.82, 2.24) is 19.4 Å². The number of aromatic nitrogens is 3. The molecule has 0 saturated carbocycles. The van der Waals surface area contributed by atoms with Gasteiger partial charge in [-0.15, -0.1) is 0 Å². The van der Waals surface area contributed by atoms with Crippen LogP contribution >= 0.6 is 0 Å². The Morgan fingerprint density at radius 1 is 1.23 bits per heavy atom. The second kappa shape index (κ2) is 7.55. The van der Waals surface area contributed by atoms with Gasteiger partial charge in [0.15, 0.2) is 5.65 Å². The maximum absolute atomic E-state index is 12.8. The minimum atomic E-state index is -0.120. The Hall–Kier alpha value is -3.81. The van der Waals surface area contributed by atoms with Crippen molar-refractivity contribution in [3.05, 3.63) is 61.2 Å². The largest absolute Gasteiger partial charge is 0.497 e. The number of carbonyl (C=O) groups excluding carboxylic acids is 1. The summed E-state index contributed by atoms with van der Waals surface area (Å²) in [6.45, 7) is 1.23. The monoisotopic (exact) mass is 403 g/mol. The van der Waals surface area contributed by atoms with Gasteiger partial charge in [-0.1, -0.05) is 0 Å². The number of benzene rings is 1. The minimum Gasteiger partial charge on any atom is -0.497 e. The molecule has 0 bridgehead atoms. The number of nitrogens with zero attached hydrogens (tertiary/aromatic N) is 4. The molecule has 8 nitrogen and oxygen atoms in total. The number of fused-ring (bicyclic) bond motifs is 1. The lowest BCUT2D eigenvalue weighted by atomic mass is 10.2. The number of amides is 2. The third-order valence-corrected chi connectivity index (χ3v) is 5.39. The van der Waals surface area contributed by atoms with Crippen LogP contribution in [-0.2, 0) is 0 Å². The molecule has 1 saturated heterocycles. The molecule has 30 heavy (non-hydrogen) atoms. The molecule has 1 fully saturated rings. The highest BCUT2D eigenvalue weighted by Crippen LogP contribution is 2.32. The van der Waals surface area contributed by atoms with Crippen molar-refractivity contribution in [1.29, 1.82) is 0 Å². The van der Waals surface area contributed by atoms with E-state index in [2.05, 4.69) is 14.9 Å². The fourth-order valence-corrected chi connectivity index (χ4v) is 3.88. The molecule has 5 rings (SSSR count). The Morgan fingerprint density at radius 3 is 2.87 bits per heavy atom. The molecule has 0 aliphatic carbocycles. The number of anilines is 1. The molecule has 8 heteroatoms. The molecule has 3 aromatic heterocycles. The maximum atomic E-state index is 12.8. The summed E-state index contributed by atoms with van der Waals surface area (Å²) in [7, 11) is 1.62. The van der Waals surface area contributed by atoms with Gasteiger partial charge in [0.2, 0.25) is 0 Å². The molecule has 0 unspecified atom stereocenters. The Bertz CT molecular complexity index is 1170. The number of urea groups is 1. The summed E-state index contributed by atoms with van der Waals surface area (Å²) >= 11 is 0. The molecule has 0 spiro atoms.